The van der Waals surface area contributed by atoms with E-state index < -0.39 is 0 Å². The summed E-state index contributed by atoms with van der Waals surface area (Å²) >= 11 is 0. The number of carbonyl (C=O) groups is 1. The standard InChI is InChI=1S/C24H30N6O/c1-3-7-22-26-16-20(18-9-11-25-12-10-18)23(28-22)21-8-5-6-14-30(21)24(31)19-15-27-29(17-19)13-4-2/h9-12,15-17,21H,3-8,13-14H2,1-2H3/t21-/m0/s1. The first-order valence-electron chi connectivity index (χ1n) is 11.3. The van der Waals surface area contributed by atoms with Gasteiger partial charge >= 0.3 is 0 Å². The molecule has 7 heteroatoms. The first-order chi connectivity index (χ1) is 15.2. The van der Waals surface area contributed by atoms with Crippen LogP contribution in [0.15, 0.2) is 43.1 Å². The first kappa shape index (κ1) is 21.2. The van der Waals surface area contributed by atoms with Gasteiger partial charge in [0.2, 0.25) is 0 Å². The highest BCUT2D eigenvalue weighted by Gasteiger charge is 2.32. The van der Waals surface area contributed by atoms with E-state index in [0.717, 1.165) is 74.3 Å². The Bertz CT molecular complexity index is 1020. The smallest absolute Gasteiger partial charge is 0.257 e. The molecule has 1 fully saturated rings. The van der Waals surface area contributed by atoms with Gasteiger partial charge in [0.05, 0.1) is 23.5 Å². The molecule has 4 rings (SSSR count). The van der Waals surface area contributed by atoms with E-state index in [1.54, 1.807) is 18.6 Å². The Morgan fingerprint density at radius 3 is 2.74 bits per heavy atom. The maximum Gasteiger partial charge on any atom is 0.257 e. The molecule has 0 N–H and O–H groups in total. The lowest BCUT2D eigenvalue weighted by molar-refractivity contribution is 0.0606. The SMILES string of the molecule is CCCc1ncc(-c2ccncc2)c([C@@H]2CCCCN2C(=O)c2cnn(CCC)c2)n1. The third-order valence-corrected chi connectivity index (χ3v) is 5.75. The van der Waals surface area contributed by atoms with Crippen molar-refractivity contribution in [3.05, 3.63) is 60.2 Å². The van der Waals surface area contributed by atoms with Gasteiger partial charge in [-0.2, -0.15) is 5.10 Å². The normalized spacial score (nSPS) is 16.5. The molecule has 1 aliphatic rings. The second-order valence-corrected chi connectivity index (χ2v) is 8.07. The summed E-state index contributed by atoms with van der Waals surface area (Å²) in [5.41, 5.74) is 3.60. The Morgan fingerprint density at radius 1 is 1.13 bits per heavy atom. The first-order valence-corrected chi connectivity index (χ1v) is 11.3. The predicted molar refractivity (Wildman–Crippen MR) is 119 cm³/mol. The van der Waals surface area contributed by atoms with Crippen LogP contribution in [0.3, 0.4) is 0 Å². The third-order valence-electron chi connectivity index (χ3n) is 5.75. The molecule has 0 aromatic carbocycles. The molecule has 1 atom stereocenters. The average Bonchev–Trinajstić information content (AvgIpc) is 3.28. The monoisotopic (exact) mass is 418 g/mol. The van der Waals surface area contributed by atoms with Crippen molar-refractivity contribution < 1.29 is 4.79 Å². The van der Waals surface area contributed by atoms with Gasteiger partial charge in [-0.1, -0.05) is 13.8 Å². The lowest BCUT2D eigenvalue weighted by Crippen LogP contribution is -2.39. The molecular formula is C24H30N6O. The lowest BCUT2D eigenvalue weighted by atomic mass is 9.93. The summed E-state index contributed by atoms with van der Waals surface area (Å²) in [6.07, 6.45) is 14.8. The van der Waals surface area contributed by atoms with Crippen LogP contribution in [-0.2, 0) is 13.0 Å². The summed E-state index contributed by atoms with van der Waals surface area (Å²) in [5.74, 6) is 0.868. The molecule has 0 unspecified atom stereocenters. The second kappa shape index (κ2) is 9.81. The van der Waals surface area contributed by atoms with Crippen LogP contribution in [0.25, 0.3) is 11.1 Å². The average molecular weight is 419 g/mol. The fourth-order valence-corrected chi connectivity index (χ4v) is 4.24. The van der Waals surface area contributed by atoms with Gasteiger partial charge < -0.3 is 4.90 Å². The molecule has 7 nitrogen and oxygen atoms in total. The van der Waals surface area contributed by atoms with Crippen LogP contribution in [0.1, 0.15) is 73.9 Å². The molecule has 162 valence electrons. The highest BCUT2D eigenvalue weighted by Crippen LogP contribution is 2.36. The highest BCUT2D eigenvalue weighted by molar-refractivity contribution is 5.94. The van der Waals surface area contributed by atoms with Gasteiger partial charge in [-0.15, -0.1) is 0 Å². The van der Waals surface area contributed by atoms with Crippen molar-refractivity contribution in [1.29, 1.82) is 0 Å². The molecule has 3 aromatic heterocycles. The minimum absolute atomic E-state index is 0.0309. The molecule has 3 aromatic rings. The van der Waals surface area contributed by atoms with Gasteiger partial charge in [0.15, 0.2) is 0 Å². The van der Waals surface area contributed by atoms with E-state index in [2.05, 4.69) is 28.9 Å². The topological polar surface area (TPSA) is 76.8 Å². The molecule has 31 heavy (non-hydrogen) atoms. The van der Waals surface area contributed by atoms with Gasteiger partial charge in [-0.25, -0.2) is 9.97 Å². The summed E-state index contributed by atoms with van der Waals surface area (Å²) in [6, 6.07) is 3.88. The zero-order valence-electron chi connectivity index (χ0n) is 18.4. The van der Waals surface area contributed by atoms with E-state index in [4.69, 9.17) is 4.98 Å². The number of aryl methyl sites for hydroxylation is 2. The minimum atomic E-state index is -0.0717. The zero-order valence-corrected chi connectivity index (χ0v) is 18.4. The Hall–Kier alpha value is -3.09. The van der Waals surface area contributed by atoms with Crippen molar-refractivity contribution in [2.75, 3.05) is 6.54 Å². The third kappa shape index (κ3) is 4.65. The van der Waals surface area contributed by atoms with E-state index >= 15 is 0 Å². The maximum atomic E-state index is 13.5. The number of nitrogens with zero attached hydrogens (tertiary/aromatic N) is 6. The van der Waals surface area contributed by atoms with Crippen molar-refractivity contribution in [2.45, 2.75) is 65.0 Å². The van der Waals surface area contributed by atoms with Crippen LogP contribution < -0.4 is 0 Å². The van der Waals surface area contributed by atoms with Gasteiger partial charge in [-0.05, 0) is 49.8 Å². The summed E-state index contributed by atoms with van der Waals surface area (Å²) in [6.45, 7) is 5.78. The molecule has 0 spiro atoms. The molecule has 1 saturated heterocycles. The van der Waals surface area contributed by atoms with E-state index in [1.165, 1.54) is 0 Å². The predicted octanol–water partition coefficient (Wildman–Crippen LogP) is 4.47. The summed E-state index contributed by atoms with van der Waals surface area (Å²) in [7, 11) is 0. The molecule has 0 saturated carbocycles. The number of carbonyl (C=O) groups excluding carboxylic acids is 1. The largest absolute Gasteiger partial charge is 0.330 e. The van der Waals surface area contributed by atoms with E-state index in [0.29, 0.717) is 5.56 Å². The Kier molecular flexibility index (Phi) is 6.70. The number of pyridine rings is 1. The van der Waals surface area contributed by atoms with Gasteiger partial charge in [0.1, 0.15) is 5.82 Å². The molecule has 1 aliphatic heterocycles. The number of rotatable bonds is 7. The number of aromatic nitrogens is 5. The molecule has 4 heterocycles. The van der Waals surface area contributed by atoms with Crippen molar-refractivity contribution in [3.63, 3.8) is 0 Å². The molecule has 0 bridgehead atoms. The number of hydrogen-bond acceptors (Lipinski definition) is 5. The second-order valence-electron chi connectivity index (χ2n) is 8.07. The quantitative estimate of drug-likeness (QED) is 0.566. The van der Waals surface area contributed by atoms with E-state index in [-0.39, 0.29) is 11.9 Å². The van der Waals surface area contributed by atoms with Gasteiger partial charge in [-0.3, -0.25) is 14.5 Å². The Morgan fingerprint density at radius 2 is 1.97 bits per heavy atom. The number of likely N-dealkylation sites (tertiary alicyclic amines) is 1. The molecule has 0 radical (unpaired) electrons. The van der Waals surface area contributed by atoms with Crippen LogP contribution in [-0.4, -0.2) is 42.1 Å². The minimum Gasteiger partial charge on any atom is -0.330 e. The Labute approximate surface area is 183 Å². The van der Waals surface area contributed by atoms with Crippen molar-refractivity contribution >= 4 is 5.91 Å². The van der Waals surface area contributed by atoms with Gasteiger partial charge in [0, 0.05) is 49.9 Å². The van der Waals surface area contributed by atoms with Crippen LogP contribution >= 0.6 is 0 Å². The summed E-state index contributed by atoms with van der Waals surface area (Å²) in [4.78, 5) is 29.2. The van der Waals surface area contributed by atoms with Gasteiger partial charge in [0.25, 0.3) is 5.91 Å². The fourth-order valence-electron chi connectivity index (χ4n) is 4.24. The highest BCUT2D eigenvalue weighted by atomic mass is 16.2. The van der Waals surface area contributed by atoms with Crippen LogP contribution in [0.2, 0.25) is 0 Å². The van der Waals surface area contributed by atoms with Crippen LogP contribution in [0, 0.1) is 0 Å². The molecular weight excluding hydrogens is 388 g/mol. The van der Waals surface area contributed by atoms with Crippen molar-refractivity contribution in [2.24, 2.45) is 0 Å². The number of piperidine rings is 1. The van der Waals surface area contributed by atoms with Crippen molar-refractivity contribution in [1.82, 2.24) is 29.6 Å². The maximum absolute atomic E-state index is 13.5. The fraction of sp³-hybridized carbons (Fsp3) is 0.458. The summed E-state index contributed by atoms with van der Waals surface area (Å²) in [5, 5.41) is 4.36. The summed E-state index contributed by atoms with van der Waals surface area (Å²) < 4.78 is 1.85. The van der Waals surface area contributed by atoms with E-state index in [1.807, 2.05) is 34.1 Å². The van der Waals surface area contributed by atoms with E-state index in [9.17, 15) is 4.79 Å². The van der Waals surface area contributed by atoms with Crippen LogP contribution in [0.5, 0.6) is 0 Å². The number of amides is 1. The number of hydrogen-bond donors (Lipinski definition) is 0. The lowest BCUT2D eigenvalue weighted by Gasteiger charge is -2.36. The zero-order chi connectivity index (χ0) is 21.6. The molecule has 1 amide bonds. The Balaban J connectivity index is 1.72. The molecule has 0 aliphatic carbocycles. The van der Waals surface area contributed by atoms with Crippen LogP contribution in [0.4, 0.5) is 0 Å². The van der Waals surface area contributed by atoms with Crippen molar-refractivity contribution in [3.8, 4) is 11.1 Å².